The first-order valence-corrected chi connectivity index (χ1v) is 5.94. The summed E-state index contributed by atoms with van der Waals surface area (Å²) in [4.78, 5) is 14.0. The summed E-state index contributed by atoms with van der Waals surface area (Å²) < 4.78 is 13.0. The van der Waals surface area contributed by atoms with E-state index in [9.17, 15) is 9.18 Å². The Kier molecular flexibility index (Phi) is 5.38. The highest BCUT2D eigenvalue weighted by atomic mass is 35.5. The predicted octanol–water partition coefficient (Wildman–Crippen LogP) is 2.33. The summed E-state index contributed by atoms with van der Waals surface area (Å²) in [7, 11) is 0. The molecule has 1 heterocycles. The summed E-state index contributed by atoms with van der Waals surface area (Å²) >= 11 is 5.68. The molecule has 0 aliphatic carbocycles. The van der Waals surface area contributed by atoms with Crippen LogP contribution in [0.4, 0.5) is 4.39 Å². The van der Waals surface area contributed by atoms with E-state index >= 15 is 0 Å². The zero-order valence-electron chi connectivity index (χ0n) is 9.95. The molecule has 100 valence electrons. The third kappa shape index (κ3) is 3.13. The average Bonchev–Trinajstić information content (AvgIpc) is 2.32. The first-order chi connectivity index (χ1) is 8.09. The van der Waals surface area contributed by atoms with Crippen molar-refractivity contribution in [1.29, 1.82) is 0 Å². The standard InChI is InChI=1S/C12H14ClFN2O.ClH/c1-8-7-15-4-5-16(8)12(17)9-2-3-11(14)10(13)6-9;/h2-3,6,8,15H,4-5,7H2,1H3;1H. The molecule has 3 nitrogen and oxygen atoms in total. The quantitative estimate of drug-likeness (QED) is 0.862. The third-order valence-electron chi connectivity index (χ3n) is 2.93. The second kappa shape index (κ2) is 6.36. The smallest absolute Gasteiger partial charge is 0.254 e. The molecule has 1 aromatic rings. The minimum Gasteiger partial charge on any atom is -0.333 e. The van der Waals surface area contributed by atoms with Gasteiger partial charge in [-0.2, -0.15) is 0 Å². The molecule has 0 aromatic heterocycles. The zero-order chi connectivity index (χ0) is 12.4. The number of benzene rings is 1. The number of rotatable bonds is 1. The SMILES string of the molecule is CC1CNCCN1C(=O)c1ccc(F)c(Cl)c1.Cl. The maximum Gasteiger partial charge on any atom is 0.254 e. The molecule has 0 bridgehead atoms. The van der Waals surface area contributed by atoms with E-state index < -0.39 is 5.82 Å². The van der Waals surface area contributed by atoms with Crippen LogP contribution < -0.4 is 5.32 Å². The van der Waals surface area contributed by atoms with Crippen LogP contribution in [-0.4, -0.2) is 36.5 Å². The van der Waals surface area contributed by atoms with Gasteiger partial charge in [0.05, 0.1) is 5.02 Å². The van der Waals surface area contributed by atoms with E-state index in [4.69, 9.17) is 11.6 Å². The lowest BCUT2D eigenvalue weighted by molar-refractivity contribution is 0.0655. The first kappa shape index (κ1) is 15.2. The third-order valence-corrected chi connectivity index (χ3v) is 3.22. The lowest BCUT2D eigenvalue weighted by atomic mass is 10.1. The Morgan fingerprint density at radius 3 is 2.89 bits per heavy atom. The molecule has 1 aliphatic rings. The summed E-state index contributed by atoms with van der Waals surface area (Å²) in [6, 6.07) is 4.22. The summed E-state index contributed by atoms with van der Waals surface area (Å²) in [6.07, 6.45) is 0. The summed E-state index contributed by atoms with van der Waals surface area (Å²) in [6.45, 7) is 4.20. The lowest BCUT2D eigenvalue weighted by Crippen LogP contribution is -2.52. The van der Waals surface area contributed by atoms with Gasteiger partial charge < -0.3 is 10.2 Å². The molecule has 1 N–H and O–H groups in total. The molecule has 18 heavy (non-hydrogen) atoms. The van der Waals surface area contributed by atoms with E-state index in [0.717, 1.165) is 13.1 Å². The van der Waals surface area contributed by atoms with Gasteiger partial charge in [-0.15, -0.1) is 12.4 Å². The molecule has 2 rings (SSSR count). The van der Waals surface area contributed by atoms with E-state index in [2.05, 4.69) is 5.32 Å². The average molecular weight is 293 g/mol. The van der Waals surface area contributed by atoms with Gasteiger partial charge in [0.15, 0.2) is 0 Å². The second-order valence-corrected chi connectivity index (χ2v) is 4.59. The molecular formula is C12H15Cl2FN2O. The number of carbonyl (C=O) groups excluding carboxylic acids is 1. The van der Waals surface area contributed by atoms with Crippen molar-refractivity contribution in [3.63, 3.8) is 0 Å². The summed E-state index contributed by atoms with van der Waals surface area (Å²) in [5.74, 6) is -0.600. The van der Waals surface area contributed by atoms with Gasteiger partial charge in [0.25, 0.3) is 5.91 Å². The fourth-order valence-electron chi connectivity index (χ4n) is 1.94. The Hall–Kier alpha value is -0.840. The van der Waals surface area contributed by atoms with Crippen LogP contribution in [0.15, 0.2) is 18.2 Å². The fraction of sp³-hybridized carbons (Fsp3) is 0.417. The highest BCUT2D eigenvalue weighted by molar-refractivity contribution is 6.31. The normalized spacial score (nSPS) is 19.3. The van der Waals surface area contributed by atoms with Crippen LogP contribution in [0.2, 0.25) is 5.02 Å². The van der Waals surface area contributed by atoms with Gasteiger partial charge in [0.1, 0.15) is 5.82 Å². The van der Waals surface area contributed by atoms with Crippen molar-refractivity contribution >= 4 is 29.9 Å². The largest absolute Gasteiger partial charge is 0.333 e. The molecule has 1 unspecified atom stereocenters. The maximum absolute atomic E-state index is 13.0. The number of halogens is 3. The molecule has 1 aliphatic heterocycles. The molecule has 1 saturated heterocycles. The fourth-order valence-corrected chi connectivity index (χ4v) is 2.12. The van der Waals surface area contributed by atoms with E-state index in [1.807, 2.05) is 6.92 Å². The highest BCUT2D eigenvalue weighted by Crippen LogP contribution is 2.18. The molecule has 1 fully saturated rings. The van der Waals surface area contributed by atoms with Crippen LogP contribution >= 0.6 is 24.0 Å². The van der Waals surface area contributed by atoms with E-state index in [1.165, 1.54) is 18.2 Å². The van der Waals surface area contributed by atoms with Crippen molar-refractivity contribution in [1.82, 2.24) is 10.2 Å². The molecule has 1 amide bonds. The zero-order valence-corrected chi connectivity index (χ0v) is 11.5. The number of nitrogens with zero attached hydrogens (tertiary/aromatic N) is 1. The second-order valence-electron chi connectivity index (χ2n) is 4.18. The van der Waals surface area contributed by atoms with Crippen LogP contribution in [0.1, 0.15) is 17.3 Å². The van der Waals surface area contributed by atoms with Crippen molar-refractivity contribution in [3.8, 4) is 0 Å². The number of amides is 1. The van der Waals surface area contributed by atoms with Crippen molar-refractivity contribution in [2.75, 3.05) is 19.6 Å². The molecule has 0 saturated carbocycles. The molecule has 0 spiro atoms. The topological polar surface area (TPSA) is 32.3 Å². The monoisotopic (exact) mass is 292 g/mol. The van der Waals surface area contributed by atoms with Gasteiger partial charge in [0.2, 0.25) is 0 Å². The minimum atomic E-state index is -0.503. The van der Waals surface area contributed by atoms with Gasteiger partial charge in [-0.05, 0) is 25.1 Å². The molecular weight excluding hydrogens is 278 g/mol. The first-order valence-electron chi connectivity index (χ1n) is 5.56. The predicted molar refractivity (Wildman–Crippen MR) is 72.0 cm³/mol. The van der Waals surface area contributed by atoms with Gasteiger partial charge in [0, 0.05) is 31.2 Å². The number of piperazine rings is 1. The highest BCUT2D eigenvalue weighted by Gasteiger charge is 2.24. The van der Waals surface area contributed by atoms with Gasteiger partial charge in [-0.3, -0.25) is 4.79 Å². The van der Waals surface area contributed by atoms with Crippen LogP contribution in [-0.2, 0) is 0 Å². The Morgan fingerprint density at radius 1 is 1.56 bits per heavy atom. The number of nitrogens with one attached hydrogen (secondary N) is 1. The Bertz CT molecular complexity index is 442. The van der Waals surface area contributed by atoms with Crippen LogP contribution in [0.25, 0.3) is 0 Å². The van der Waals surface area contributed by atoms with Gasteiger partial charge >= 0.3 is 0 Å². The molecule has 6 heteroatoms. The van der Waals surface area contributed by atoms with E-state index in [1.54, 1.807) is 4.90 Å². The van der Waals surface area contributed by atoms with Gasteiger partial charge in [-0.25, -0.2) is 4.39 Å². The van der Waals surface area contributed by atoms with E-state index in [0.29, 0.717) is 12.1 Å². The Balaban J connectivity index is 0.00000162. The Labute approximate surface area is 117 Å². The van der Waals surface area contributed by atoms with Crippen molar-refractivity contribution in [3.05, 3.63) is 34.6 Å². The molecule has 0 radical (unpaired) electrons. The van der Waals surface area contributed by atoms with Crippen LogP contribution in [0.3, 0.4) is 0 Å². The number of hydrogen-bond acceptors (Lipinski definition) is 2. The van der Waals surface area contributed by atoms with Crippen molar-refractivity contribution in [2.45, 2.75) is 13.0 Å². The molecule has 1 atom stereocenters. The van der Waals surface area contributed by atoms with Crippen molar-refractivity contribution < 1.29 is 9.18 Å². The molecule has 1 aromatic carbocycles. The number of hydrogen-bond donors (Lipinski definition) is 1. The minimum absolute atomic E-state index is 0. The van der Waals surface area contributed by atoms with Gasteiger partial charge in [-0.1, -0.05) is 11.6 Å². The Morgan fingerprint density at radius 2 is 2.28 bits per heavy atom. The summed E-state index contributed by atoms with van der Waals surface area (Å²) in [5, 5.41) is 3.20. The lowest BCUT2D eigenvalue weighted by Gasteiger charge is -2.34. The van der Waals surface area contributed by atoms with Crippen molar-refractivity contribution in [2.24, 2.45) is 0 Å². The summed E-state index contributed by atoms with van der Waals surface area (Å²) in [5.41, 5.74) is 0.435. The van der Waals surface area contributed by atoms with E-state index in [-0.39, 0.29) is 29.4 Å². The number of carbonyl (C=O) groups is 1. The van der Waals surface area contributed by atoms with Crippen LogP contribution in [0.5, 0.6) is 0 Å². The maximum atomic E-state index is 13.0. The van der Waals surface area contributed by atoms with Crippen LogP contribution in [0, 0.1) is 5.82 Å².